The van der Waals surface area contributed by atoms with Crippen LogP contribution in [0.2, 0.25) is 0 Å². The molecule has 16 heavy (non-hydrogen) atoms. The van der Waals surface area contributed by atoms with Crippen LogP contribution in [0.25, 0.3) is 0 Å². The highest BCUT2D eigenvalue weighted by molar-refractivity contribution is 4.97. The van der Waals surface area contributed by atoms with E-state index in [1.54, 1.807) is 0 Å². The fourth-order valence-corrected chi connectivity index (χ4v) is 2.57. The molecule has 2 aliphatic rings. The Balaban J connectivity index is 1.80. The topological polar surface area (TPSA) is 32.3 Å². The van der Waals surface area contributed by atoms with Crippen LogP contribution in [0.4, 0.5) is 0 Å². The molecule has 2 unspecified atom stereocenters. The van der Waals surface area contributed by atoms with Gasteiger partial charge in [0.1, 0.15) is 0 Å². The van der Waals surface area contributed by atoms with E-state index in [1.165, 1.54) is 25.7 Å². The molecule has 2 heteroatoms. The molecule has 2 aliphatic carbocycles. The van der Waals surface area contributed by atoms with Gasteiger partial charge in [0.25, 0.3) is 0 Å². The van der Waals surface area contributed by atoms with Gasteiger partial charge in [-0.1, -0.05) is 20.3 Å². The van der Waals surface area contributed by atoms with Gasteiger partial charge in [0.2, 0.25) is 0 Å². The first-order valence-corrected chi connectivity index (χ1v) is 7.00. The number of hydrogen-bond acceptors (Lipinski definition) is 2. The Hall–Kier alpha value is -0.0800. The van der Waals surface area contributed by atoms with Gasteiger partial charge in [-0.2, -0.15) is 0 Å². The molecular weight excluding hydrogens is 198 g/mol. The minimum absolute atomic E-state index is 0.374. The molecule has 2 rings (SSSR count). The lowest BCUT2D eigenvalue weighted by Crippen LogP contribution is -2.47. The molecule has 2 saturated carbocycles. The van der Waals surface area contributed by atoms with Crippen LogP contribution in [0.3, 0.4) is 0 Å². The highest BCUT2D eigenvalue weighted by Crippen LogP contribution is 2.44. The minimum Gasteiger partial charge on any atom is -0.389 e. The van der Waals surface area contributed by atoms with Crippen LogP contribution in [0.1, 0.15) is 52.9 Å². The van der Waals surface area contributed by atoms with E-state index in [0.717, 1.165) is 24.8 Å². The summed E-state index contributed by atoms with van der Waals surface area (Å²) in [6.45, 7) is 7.04. The molecule has 0 aromatic rings. The van der Waals surface area contributed by atoms with Crippen molar-refractivity contribution in [3.05, 3.63) is 0 Å². The first kappa shape index (κ1) is 12.4. The monoisotopic (exact) mass is 225 g/mol. The lowest BCUT2D eigenvalue weighted by molar-refractivity contribution is 0.00208. The molecule has 0 amide bonds. The standard InChI is InChI=1S/C14H27NO/c1-4-10(2)14(3,16)9-15-13(11-5-6-11)12-7-8-12/h10-13,15-16H,4-9H2,1-3H3. The summed E-state index contributed by atoms with van der Waals surface area (Å²) in [4.78, 5) is 0. The van der Waals surface area contributed by atoms with Crippen molar-refractivity contribution in [2.24, 2.45) is 17.8 Å². The summed E-state index contributed by atoms with van der Waals surface area (Å²) in [5.41, 5.74) is -0.545. The van der Waals surface area contributed by atoms with Gasteiger partial charge in [-0.15, -0.1) is 0 Å². The molecule has 0 aromatic heterocycles. The molecule has 0 aromatic carbocycles. The van der Waals surface area contributed by atoms with Gasteiger partial charge in [0.05, 0.1) is 5.60 Å². The predicted molar refractivity (Wildman–Crippen MR) is 67.3 cm³/mol. The van der Waals surface area contributed by atoms with Crippen LogP contribution in [0.5, 0.6) is 0 Å². The molecule has 0 saturated heterocycles. The van der Waals surface area contributed by atoms with E-state index in [-0.39, 0.29) is 0 Å². The van der Waals surface area contributed by atoms with Crippen LogP contribution in [0.15, 0.2) is 0 Å². The average Bonchev–Trinajstić information content (AvgIpc) is 3.08. The second kappa shape index (κ2) is 4.66. The summed E-state index contributed by atoms with van der Waals surface area (Å²) in [7, 11) is 0. The van der Waals surface area contributed by atoms with E-state index < -0.39 is 5.60 Å². The van der Waals surface area contributed by atoms with E-state index in [0.29, 0.717) is 12.0 Å². The molecule has 0 aliphatic heterocycles. The lowest BCUT2D eigenvalue weighted by atomic mass is 9.88. The van der Waals surface area contributed by atoms with Gasteiger partial charge < -0.3 is 10.4 Å². The first-order valence-electron chi connectivity index (χ1n) is 7.00. The normalized spacial score (nSPS) is 26.8. The molecule has 0 bridgehead atoms. The Bertz CT molecular complexity index is 219. The zero-order valence-corrected chi connectivity index (χ0v) is 11.0. The largest absolute Gasteiger partial charge is 0.389 e. The molecule has 2 nitrogen and oxygen atoms in total. The number of nitrogens with one attached hydrogen (secondary N) is 1. The zero-order chi connectivity index (χ0) is 11.8. The summed E-state index contributed by atoms with van der Waals surface area (Å²) in [6, 6.07) is 0.704. The van der Waals surface area contributed by atoms with E-state index in [2.05, 4.69) is 19.2 Å². The summed E-state index contributed by atoms with van der Waals surface area (Å²) in [5.74, 6) is 2.21. The number of hydrogen-bond donors (Lipinski definition) is 2. The highest BCUT2D eigenvalue weighted by Gasteiger charge is 2.42. The predicted octanol–water partition coefficient (Wildman–Crippen LogP) is 2.56. The Kier molecular flexibility index (Phi) is 3.60. The Morgan fingerprint density at radius 2 is 1.75 bits per heavy atom. The zero-order valence-electron chi connectivity index (χ0n) is 11.0. The van der Waals surface area contributed by atoms with Crippen LogP contribution in [-0.2, 0) is 0 Å². The van der Waals surface area contributed by atoms with Crippen LogP contribution in [-0.4, -0.2) is 23.3 Å². The lowest BCUT2D eigenvalue weighted by Gasteiger charge is -2.32. The van der Waals surface area contributed by atoms with Crippen molar-refractivity contribution in [1.29, 1.82) is 0 Å². The Morgan fingerprint density at radius 1 is 1.25 bits per heavy atom. The molecule has 2 N–H and O–H groups in total. The summed E-state index contributed by atoms with van der Waals surface area (Å²) >= 11 is 0. The minimum atomic E-state index is -0.545. The summed E-state index contributed by atoms with van der Waals surface area (Å²) < 4.78 is 0. The molecule has 94 valence electrons. The summed E-state index contributed by atoms with van der Waals surface area (Å²) in [5, 5.41) is 14.0. The average molecular weight is 225 g/mol. The van der Waals surface area contributed by atoms with E-state index in [1.807, 2.05) is 6.92 Å². The third-order valence-corrected chi connectivity index (χ3v) is 4.63. The van der Waals surface area contributed by atoms with Crippen molar-refractivity contribution in [1.82, 2.24) is 5.32 Å². The van der Waals surface area contributed by atoms with Gasteiger partial charge in [-0.25, -0.2) is 0 Å². The van der Waals surface area contributed by atoms with E-state index in [9.17, 15) is 5.11 Å². The summed E-state index contributed by atoms with van der Waals surface area (Å²) in [6.07, 6.45) is 6.66. The second-order valence-electron chi connectivity index (χ2n) is 6.25. The Morgan fingerprint density at radius 3 is 2.12 bits per heavy atom. The van der Waals surface area contributed by atoms with Crippen LogP contribution < -0.4 is 5.32 Å². The van der Waals surface area contributed by atoms with E-state index >= 15 is 0 Å². The number of aliphatic hydroxyl groups is 1. The fraction of sp³-hybridized carbons (Fsp3) is 1.00. The molecule has 2 atom stereocenters. The highest BCUT2D eigenvalue weighted by atomic mass is 16.3. The van der Waals surface area contributed by atoms with Crippen molar-refractivity contribution in [3.8, 4) is 0 Å². The van der Waals surface area contributed by atoms with Crippen molar-refractivity contribution >= 4 is 0 Å². The number of rotatable bonds is 7. The van der Waals surface area contributed by atoms with Crippen LogP contribution in [0, 0.1) is 17.8 Å². The molecule has 2 fully saturated rings. The maximum Gasteiger partial charge on any atom is 0.0768 e. The molecular formula is C14H27NO. The van der Waals surface area contributed by atoms with Crippen molar-refractivity contribution in [2.45, 2.75) is 64.5 Å². The second-order valence-corrected chi connectivity index (χ2v) is 6.25. The Labute approximate surface area is 99.8 Å². The van der Waals surface area contributed by atoms with E-state index in [4.69, 9.17) is 0 Å². The van der Waals surface area contributed by atoms with Gasteiger partial charge >= 0.3 is 0 Å². The van der Waals surface area contributed by atoms with Gasteiger partial charge in [-0.05, 0) is 50.4 Å². The van der Waals surface area contributed by atoms with Gasteiger partial charge in [0.15, 0.2) is 0 Å². The smallest absolute Gasteiger partial charge is 0.0768 e. The quantitative estimate of drug-likeness (QED) is 0.698. The third kappa shape index (κ3) is 2.98. The SMILES string of the molecule is CCC(C)C(C)(O)CNC(C1CC1)C1CC1. The van der Waals surface area contributed by atoms with Crippen molar-refractivity contribution in [3.63, 3.8) is 0 Å². The van der Waals surface area contributed by atoms with Crippen molar-refractivity contribution < 1.29 is 5.11 Å². The maximum atomic E-state index is 10.4. The fourth-order valence-electron chi connectivity index (χ4n) is 2.57. The molecule has 0 radical (unpaired) electrons. The van der Waals surface area contributed by atoms with Gasteiger partial charge in [-0.3, -0.25) is 0 Å². The molecule has 0 spiro atoms. The first-order chi connectivity index (χ1) is 7.54. The van der Waals surface area contributed by atoms with Crippen LogP contribution >= 0.6 is 0 Å². The van der Waals surface area contributed by atoms with Crippen molar-refractivity contribution in [2.75, 3.05) is 6.54 Å². The van der Waals surface area contributed by atoms with Gasteiger partial charge in [0, 0.05) is 12.6 Å². The maximum absolute atomic E-state index is 10.4. The molecule has 0 heterocycles. The third-order valence-electron chi connectivity index (χ3n) is 4.63.